The molecule has 1 aliphatic heterocycles. The number of hydrogen-bond acceptors (Lipinski definition) is 2. The highest BCUT2D eigenvalue weighted by molar-refractivity contribution is 6.42. The zero-order chi connectivity index (χ0) is 12.4. The summed E-state index contributed by atoms with van der Waals surface area (Å²) in [6.45, 7) is 2.85. The van der Waals surface area contributed by atoms with Crippen LogP contribution >= 0.6 is 23.2 Å². The van der Waals surface area contributed by atoms with Crippen molar-refractivity contribution in [2.75, 3.05) is 11.4 Å². The van der Waals surface area contributed by atoms with E-state index in [9.17, 15) is 5.11 Å². The molecule has 2 atom stereocenters. The number of aliphatic hydroxyl groups excluding tert-OH is 1. The van der Waals surface area contributed by atoms with E-state index in [1.165, 1.54) is 0 Å². The van der Waals surface area contributed by atoms with Crippen LogP contribution in [0.1, 0.15) is 26.2 Å². The lowest BCUT2D eigenvalue weighted by Crippen LogP contribution is -2.29. The summed E-state index contributed by atoms with van der Waals surface area (Å²) in [5.41, 5.74) is 1.05. The predicted octanol–water partition coefficient (Wildman–Crippen LogP) is 3.73. The highest BCUT2D eigenvalue weighted by Crippen LogP contribution is 2.32. The molecule has 2 nitrogen and oxygen atoms in total. The number of nitrogens with zero attached hydrogens (tertiary/aromatic N) is 1. The molecule has 0 saturated carbocycles. The Kier molecular flexibility index (Phi) is 4.18. The maximum atomic E-state index is 9.78. The molecule has 1 N–H and O–H groups in total. The largest absolute Gasteiger partial charge is 0.391 e. The summed E-state index contributed by atoms with van der Waals surface area (Å²) in [7, 11) is 0. The second-order valence-corrected chi connectivity index (χ2v) is 5.40. The highest BCUT2D eigenvalue weighted by atomic mass is 35.5. The van der Waals surface area contributed by atoms with Crippen LogP contribution in [0.3, 0.4) is 0 Å². The van der Waals surface area contributed by atoms with Crippen LogP contribution < -0.4 is 4.90 Å². The summed E-state index contributed by atoms with van der Waals surface area (Å²) in [5.74, 6) is 0. The van der Waals surface area contributed by atoms with Gasteiger partial charge in [0.15, 0.2) is 0 Å². The summed E-state index contributed by atoms with van der Waals surface area (Å²) in [4.78, 5) is 2.23. The molecule has 1 saturated heterocycles. The summed E-state index contributed by atoms with van der Waals surface area (Å²) in [6, 6.07) is 6.07. The molecule has 1 aromatic rings. The summed E-state index contributed by atoms with van der Waals surface area (Å²) in [6.07, 6.45) is 2.82. The molecule has 0 amide bonds. The van der Waals surface area contributed by atoms with Crippen molar-refractivity contribution in [3.05, 3.63) is 28.2 Å². The maximum absolute atomic E-state index is 9.78. The topological polar surface area (TPSA) is 23.5 Å². The summed E-state index contributed by atoms with van der Waals surface area (Å²) < 4.78 is 0. The van der Waals surface area contributed by atoms with Crippen molar-refractivity contribution in [3.63, 3.8) is 0 Å². The Bertz CT molecular complexity index is 397. The number of aliphatic hydroxyl groups is 1. The van der Waals surface area contributed by atoms with E-state index < -0.39 is 0 Å². The molecule has 1 unspecified atom stereocenters. The van der Waals surface area contributed by atoms with Crippen molar-refractivity contribution in [2.24, 2.45) is 0 Å². The maximum Gasteiger partial charge on any atom is 0.0734 e. The van der Waals surface area contributed by atoms with Gasteiger partial charge in [-0.1, -0.05) is 36.5 Å². The molecule has 1 fully saturated rings. The first-order chi connectivity index (χ1) is 8.11. The number of β-amino-alcohol motifs (C(OH)–C–C–N with tert-alkyl or cyclic N) is 1. The Morgan fingerprint density at radius 1 is 1.35 bits per heavy atom. The number of anilines is 1. The van der Waals surface area contributed by atoms with Crippen molar-refractivity contribution in [2.45, 2.75) is 38.3 Å². The molecule has 1 aliphatic rings. The van der Waals surface area contributed by atoms with Gasteiger partial charge in [-0.15, -0.1) is 0 Å². The van der Waals surface area contributed by atoms with Crippen molar-refractivity contribution in [1.82, 2.24) is 0 Å². The average molecular weight is 274 g/mol. The fourth-order valence-electron chi connectivity index (χ4n) is 2.48. The summed E-state index contributed by atoms with van der Waals surface area (Å²) in [5, 5.41) is 10.9. The minimum absolute atomic E-state index is 0.235. The fraction of sp³-hybridized carbons (Fsp3) is 0.538. The molecule has 2 rings (SSSR count). The van der Waals surface area contributed by atoms with E-state index in [-0.39, 0.29) is 6.10 Å². The monoisotopic (exact) mass is 273 g/mol. The van der Waals surface area contributed by atoms with Crippen molar-refractivity contribution < 1.29 is 5.11 Å². The lowest BCUT2D eigenvalue weighted by atomic mass is 10.1. The van der Waals surface area contributed by atoms with Gasteiger partial charge in [-0.2, -0.15) is 0 Å². The molecule has 0 aromatic heterocycles. The van der Waals surface area contributed by atoms with Crippen molar-refractivity contribution in [1.29, 1.82) is 0 Å². The van der Waals surface area contributed by atoms with Gasteiger partial charge in [-0.05, 0) is 31.0 Å². The normalized spacial score (nSPS) is 24.4. The average Bonchev–Trinajstić information content (AvgIpc) is 2.64. The molecule has 1 aromatic carbocycles. The number of hydrogen-bond donors (Lipinski definition) is 1. The van der Waals surface area contributed by atoms with Crippen LogP contribution in [0.2, 0.25) is 10.0 Å². The van der Waals surface area contributed by atoms with E-state index in [0.717, 1.165) is 24.9 Å². The van der Waals surface area contributed by atoms with Crippen LogP contribution in [0, 0.1) is 0 Å². The van der Waals surface area contributed by atoms with E-state index >= 15 is 0 Å². The Labute approximate surface area is 112 Å². The second-order valence-electron chi connectivity index (χ2n) is 4.58. The highest BCUT2D eigenvalue weighted by Gasteiger charge is 2.30. The minimum atomic E-state index is -0.235. The third-order valence-corrected chi connectivity index (χ3v) is 3.99. The SMILES string of the molecule is CCCC1C[C@@H](O)CN1c1ccc(Cl)c(Cl)c1. The van der Waals surface area contributed by atoms with E-state index in [2.05, 4.69) is 11.8 Å². The van der Waals surface area contributed by atoms with Crippen LogP contribution in [0.25, 0.3) is 0 Å². The quantitative estimate of drug-likeness (QED) is 0.907. The molecule has 0 aliphatic carbocycles. The van der Waals surface area contributed by atoms with E-state index in [0.29, 0.717) is 22.6 Å². The lowest BCUT2D eigenvalue weighted by molar-refractivity contribution is 0.193. The molecule has 17 heavy (non-hydrogen) atoms. The van der Waals surface area contributed by atoms with Gasteiger partial charge < -0.3 is 10.0 Å². The van der Waals surface area contributed by atoms with E-state index in [4.69, 9.17) is 23.2 Å². The van der Waals surface area contributed by atoms with Crippen LogP contribution in [0.4, 0.5) is 5.69 Å². The van der Waals surface area contributed by atoms with Crippen LogP contribution in [-0.4, -0.2) is 23.8 Å². The lowest BCUT2D eigenvalue weighted by Gasteiger charge is -2.26. The molecule has 0 radical (unpaired) electrons. The molecule has 1 heterocycles. The third kappa shape index (κ3) is 2.87. The van der Waals surface area contributed by atoms with E-state index in [1.54, 1.807) is 0 Å². The van der Waals surface area contributed by atoms with Gasteiger partial charge in [0, 0.05) is 18.3 Å². The zero-order valence-electron chi connectivity index (χ0n) is 9.87. The number of benzene rings is 1. The molecule has 4 heteroatoms. The summed E-state index contributed by atoms with van der Waals surface area (Å²) >= 11 is 11.9. The van der Waals surface area contributed by atoms with Gasteiger partial charge in [-0.25, -0.2) is 0 Å². The van der Waals surface area contributed by atoms with E-state index in [1.807, 2.05) is 18.2 Å². The van der Waals surface area contributed by atoms with Crippen molar-refractivity contribution >= 4 is 28.9 Å². The zero-order valence-corrected chi connectivity index (χ0v) is 11.4. The van der Waals surface area contributed by atoms with Gasteiger partial charge in [0.1, 0.15) is 0 Å². The Morgan fingerprint density at radius 2 is 2.12 bits per heavy atom. The van der Waals surface area contributed by atoms with Gasteiger partial charge in [0.2, 0.25) is 0 Å². The van der Waals surface area contributed by atoms with Gasteiger partial charge in [-0.3, -0.25) is 0 Å². The van der Waals surface area contributed by atoms with Crippen molar-refractivity contribution in [3.8, 4) is 0 Å². The van der Waals surface area contributed by atoms with Gasteiger partial charge >= 0.3 is 0 Å². The molecule has 0 bridgehead atoms. The Morgan fingerprint density at radius 3 is 2.76 bits per heavy atom. The second kappa shape index (κ2) is 5.47. The predicted molar refractivity (Wildman–Crippen MR) is 73.1 cm³/mol. The van der Waals surface area contributed by atoms with Gasteiger partial charge in [0.25, 0.3) is 0 Å². The third-order valence-electron chi connectivity index (χ3n) is 3.25. The number of rotatable bonds is 3. The first-order valence-electron chi connectivity index (χ1n) is 6.01. The Hall–Kier alpha value is -0.440. The smallest absolute Gasteiger partial charge is 0.0734 e. The first-order valence-corrected chi connectivity index (χ1v) is 6.77. The standard InChI is InChI=1S/C13H17Cl2NO/c1-2-3-9-6-11(17)8-16(9)10-4-5-12(14)13(15)7-10/h4-5,7,9,11,17H,2-3,6,8H2,1H3/t9?,11-/m1/s1. The van der Waals surface area contributed by atoms with Gasteiger partial charge in [0.05, 0.1) is 16.1 Å². The molecular weight excluding hydrogens is 257 g/mol. The fourth-order valence-corrected chi connectivity index (χ4v) is 2.77. The van der Waals surface area contributed by atoms with Crippen LogP contribution in [0.15, 0.2) is 18.2 Å². The Balaban J connectivity index is 2.22. The minimum Gasteiger partial charge on any atom is -0.391 e. The van der Waals surface area contributed by atoms with Crippen LogP contribution in [0.5, 0.6) is 0 Å². The van der Waals surface area contributed by atoms with Crippen LogP contribution in [-0.2, 0) is 0 Å². The number of halogens is 2. The molecular formula is C13H17Cl2NO. The molecule has 0 spiro atoms. The molecule has 94 valence electrons. The first kappa shape index (κ1) is 13.0.